The molecule has 2 heterocycles. The normalized spacial score (nSPS) is 10.3. The van der Waals surface area contributed by atoms with Crippen molar-refractivity contribution in [1.29, 1.82) is 0 Å². The Morgan fingerprint density at radius 1 is 0.759 bits per heavy atom. The fourth-order valence-corrected chi connectivity index (χ4v) is 3.34. The number of aromatic nitrogens is 3. The highest BCUT2D eigenvalue weighted by Gasteiger charge is 2.11. The topological polar surface area (TPSA) is 101 Å². The average molecular weight is 404 g/mol. The van der Waals surface area contributed by atoms with Gasteiger partial charge in [0.1, 0.15) is 0 Å². The Bertz CT molecular complexity index is 1110. The van der Waals surface area contributed by atoms with E-state index in [4.69, 9.17) is 0 Å². The number of hydrogen-bond acceptors (Lipinski definition) is 5. The monoisotopic (exact) mass is 404 g/mol. The highest BCUT2D eigenvalue weighted by Crippen LogP contribution is 2.23. The van der Waals surface area contributed by atoms with Crippen molar-refractivity contribution in [3.63, 3.8) is 0 Å². The summed E-state index contributed by atoms with van der Waals surface area (Å²) >= 11 is 1.19. The van der Waals surface area contributed by atoms with Crippen LogP contribution in [0.15, 0.2) is 79.1 Å². The molecule has 8 nitrogen and oxygen atoms in total. The smallest absolute Gasteiger partial charge is 0.321 e. The first-order valence-electron chi connectivity index (χ1n) is 8.68. The Labute approximate surface area is 170 Å². The third-order valence-corrected chi connectivity index (χ3v) is 4.87. The summed E-state index contributed by atoms with van der Waals surface area (Å²) in [7, 11) is 0. The number of thiophene rings is 1. The van der Waals surface area contributed by atoms with Crippen LogP contribution in [0.3, 0.4) is 0 Å². The Balaban J connectivity index is 1.35. The second-order valence-electron chi connectivity index (χ2n) is 5.93. The van der Waals surface area contributed by atoms with Gasteiger partial charge in [-0.3, -0.25) is 10.1 Å². The quantitative estimate of drug-likeness (QED) is 0.463. The Morgan fingerprint density at radius 2 is 1.45 bits per heavy atom. The van der Waals surface area contributed by atoms with Crippen LogP contribution >= 0.6 is 11.3 Å². The lowest BCUT2D eigenvalue weighted by molar-refractivity contribution is 0.103. The van der Waals surface area contributed by atoms with Crippen LogP contribution in [-0.4, -0.2) is 26.9 Å². The van der Waals surface area contributed by atoms with Gasteiger partial charge in [0.25, 0.3) is 5.91 Å². The summed E-state index contributed by atoms with van der Waals surface area (Å²) in [6, 6.07) is 19.3. The average Bonchev–Trinajstić information content (AvgIpc) is 3.41. The fourth-order valence-electron chi connectivity index (χ4n) is 2.54. The van der Waals surface area contributed by atoms with Gasteiger partial charge in [0.05, 0.1) is 28.0 Å². The van der Waals surface area contributed by atoms with Crippen LogP contribution in [0.2, 0.25) is 0 Å². The number of carbonyl (C=O) groups excluding carboxylic acids is 2. The number of benzene rings is 2. The molecule has 0 fully saturated rings. The maximum absolute atomic E-state index is 12.5. The highest BCUT2D eigenvalue weighted by molar-refractivity contribution is 7.18. The van der Waals surface area contributed by atoms with E-state index in [0.29, 0.717) is 21.3 Å². The third kappa shape index (κ3) is 4.66. The standard InChI is InChI=1S/C20H16N6O2S/c27-19(23-15-6-8-16(9-7-15)26-21-12-13-22-26)17-10-11-18(29-17)25-20(28)24-14-4-2-1-3-5-14/h1-13H,(H,23,27)(H2,24,25,28). The molecule has 0 aliphatic carbocycles. The van der Waals surface area contributed by atoms with Crippen molar-refractivity contribution in [3.05, 3.63) is 84.0 Å². The van der Waals surface area contributed by atoms with Gasteiger partial charge in [-0.2, -0.15) is 15.0 Å². The van der Waals surface area contributed by atoms with E-state index in [-0.39, 0.29) is 11.9 Å². The van der Waals surface area contributed by atoms with E-state index < -0.39 is 0 Å². The van der Waals surface area contributed by atoms with Crippen molar-refractivity contribution < 1.29 is 9.59 Å². The van der Waals surface area contributed by atoms with E-state index in [1.54, 1.807) is 48.8 Å². The maximum atomic E-state index is 12.5. The van der Waals surface area contributed by atoms with Crippen LogP contribution in [0.5, 0.6) is 0 Å². The van der Waals surface area contributed by atoms with Gasteiger partial charge in [-0.15, -0.1) is 11.3 Å². The molecular formula is C20H16N6O2S. The summed E-state index contributed by atoms with van der Waals surface area (Å²) in [5.41, 5.74) is 2.13. The van der Waals surface area contributed by atoms with Gasteiger partial charge in [-0.25, -0.2) is 4.79 Å². The Kier molecular flexibility index (Phi) is 5.30. The molecule has 0 unspecified atom stereocenters. The number of urea groups is 1. The molecule has 2 aromatic heterocycles. The Morgan fingerprint density at radius 3 is 2.17 bits per heavy atom. The molecule has 0 aliphatic rings. The molecule has 0 saturated carbocycles. The zero-order valence-electron chi connectivity index (χ0n) is 15.1. The minimum absolute atomic E-state index is 0.253. The zero-order chi connectivity index (χ0) is 20.1. The van der Waals surface area contributed by atoms with E-state index >= 15 is 0 Å². The minimum Gasteiger partial charge on any atom is -0.321 e. The van der Waals surface area contributed by atoms with Crippen molar-refractivity contribution in [2.24, 2.45) is 0 Å². The van der Waals surface area contributed by atoms with Crippen molar-refractivity contribution >= 4 is 39.7 Å². The molecule has 9 heteroatoms. The minimum atomic E-state index is -0.368. The van der Waals surface area contributed by atoms with E-state index in [9.17, 15) is 9.59 Å². The summed E-state index contributed by atoms with van der Waals surface area (Å²) in [5.74, 6) is -0.253. The van der Waals surface area contributed by atoms with Crippen molar-refractivity contribution in [2.45, 2.75) is 0 Å². The first-order valence-corrected chi connectivity index (χ1v) is 9.50. The summed E-state index contributed by atoms with van der Waals surface area (Å²) < 4.78 is 0. The van der Waals surface area contributed by atoms with Gasteiger partial charge in [0.2, 0.25) is 0 Å². The van der Waals surface area contributed by atoms with E-state index in [0.717, 1.165) is 5.69 Å². The zero-order valence-corrected chi connectivity index (χ0v) is 15.9. The molecule has 3 N–H and O–H groups in total. The number of para-hydroxylation sites is 1. The van der Waals surface area contributed by atoms with Gasteiger partial charge >= 0.3 is 6.03 Å². The molecule has 0 bridgehead atoms. The largest absolute Gasteiger partial charge is 0.324 e. The fraction of sp³-hybridized carbons (Fsp3) is 0. The van der Waals surface area contributed by atoms with E-state index in [2.05, 4.69) is 26.1 Å². The van der Waals surface area contributed by atoms with Gasteiger partial charge in [-0.1, -0.05) is 18.2 Å². The molecule has 2 aromatic carbocycles. The summed E-state index contributed by atoms with van der Waals surface area (Å²) in [5, 5.41) is 17.0. The second kappa shape index (κ2) is 8.36. The number of anilines is 3. The molecule has 144 valence electrons. The molecule has 0 saturated heterocycles. The number of nitrogens with zero attached hydrogens (tertiary/aromatic N) is 3. The van der Waals surface area contributed by atoms with Crippen molar-refractivity contribution in [1.82, 2.24) is 15.0 Å². The Hall–Kier alpha value is -3.98. The number of nitrogens with one attached hydrogen (secondary N) is 3. The van der Waals surface area contributed by atoms with Gasteiger partial charge in [0, 0.05) is 11.4 Å². The van der Waals surface area contributed by atoms with Crippen LogP contribution in [-0.2, 0) is 0 Å². The first kappa shape index (κ1) is 18.4. The van der Waals surface area contributed by atoms with Crippen LogP contribution in [0.1, 0.15) is 9.67 Å². The molecule has 3 amide bonds. The molecule has 0 spiro atoms. The third-order valence-electron chi connectivity index (χ3n) is 3.87. The predicted molar refractivity (Wildman–Crippen MR) is 113 cm³/mol. The second-order valence-corrected chi connectivity index (χ2v) is 7.01. The molecule has 29 heavy (non-hydrogen) atoms. The summed E-state index contributed by atoms with van der Waals surface area (Å²) in [6.07, 6.45) is 3.19. The van der Waals surface area contributed by atoms with Gasteiger partial charge in [-0.05, 0) is 48.5 Å². The summed E-state index contributed by atoms with van der Waals surface area (Å²) in [4.78, 5) is 26.5. The number of carbonyl (C=O) groups is 2. The first-order chi connectivity index (χ1) is 14.2. The van der Waals surface area contributed by atoms with Crippen molar-refractivity contribution in [2.75, 3.05) is 16.0 Å². The van der Waals surface area contributed by atoms with Gasteiger partial charge < -0.3 is 10.6 Å². The van der Waals surface area contributed by atoms with Crippen LogP contribution < -0.4 is 16.0 Å². The molecule has 4 rings (SSSR count). The predicted octanol–water partition coefficient (Wildman–Crippen LogP) is 4.23. The number of rotatable bonds is 5. The SMILES string of the molecule is O=C(Nc1ccccc1)Nc1ccc(C(=O)Nc2ccc(-n3nccn3)cc2)s1. The highest BCUT2D eigenvalue weighted by atomic mass is 32.1. The maximum Gasteiger partial charge on any atom is 0.324 e. The molecular weight excluding hydrogens is 388 g/mol. The van der Waals surface area contributed by atoms with Crippen LogP contribution in [0, 0.1) is 0 Å². The molecule has 0 radical (unpaired) electrons. The lowest BCUT2D eigenvalue weighted by Gasteiger charge is -2.06. The van der Waals surface area contributed by atoms with E-state index in [1.165, 1.54) is 16.1 Å². The van der Waals surface area contributed by atoms with Crippen LogP contribution in [0.4, 0.5) is 21.2 Å². The van der Waals surface area contributed by atoms with Gasteiger partial charge in [0.15, 0.2) is 0 Å². The number of hydrogen-bond donors (Lipinski definition) is 3. The lowest BCUT2D eigenvalue weighted by Crippen LogP contribution is -2.18. The molecule has 0 atom stereocenters. The lowest BCUT2D eigenvalue weighted by atomic mass is 10.3. The number of amides is 3. The molecule has 0 aliphatic heterocycles. The van der Waals surface area contributed by atoms with Crippen LogP contribution in [0.25, 0.3) is 5.69 Å². The van der Waals surface area contributed by atoms with E-state index in [1.807, 2.05) is 30.3 Å². The summed E-state index contributed by atoms with van der Waals surface area (Å²) in [6.45, 7) is 0. The van der Waals surface area contributed by atoms with Crippen molar-refractivity contribution in [3.8, 4) is 5.69 Å². The molecule has 4 aromatic rings.